The lowest BCUT2D eigenvalue weighted by atomic mass is 10.1. The van der Waals surface area contributed by atoms with Crippen molar-refractivity contribution < 1.29 is 14.1 Å². The van der Waals surface area contributed by atoms with Gasteiger partial charge in [-0.3, -0.25) is 4.90 Å². The van der Waals surface area contributed by atoms with Gasteiger partial charge in [-0.05, 0) is 33.6 Å². The summed E-state index contributed by atoms with van der Waals surface area (Å²) < 4.78 is 10.2. The number of ether oxygens (including phenoxy) is 1. The molecule has 2 rings (SSSR count). The van der Waals surface area contributed by atoms with Crippen molar-refractivity contribution in [2.45, 2.75) is 45.3 Å². The summed E-state index contributed by atoms with van der Waals surface area (Å²) in [6.45, 7) is 6.32. The third kappa shape index (κ3) is 2.78. The number of hydrogen-bond donors (Lipinski definition) is 0. The Bertz CT molecular complexity index is 381. The molecule has 0 spiro atoms. The molecule has 1 fully saturated rings. The number of rotatable bonds is 1. The van der Waals surface area contributed by atoms with Gasteiger partial charge in [0.05, 0.1) is 6.04 Å². The van der Waals surface area contributed by atoms with E-state index in [1.165, 1.54) is 6.26 Å². The molecule has 1 aromatic rings. The van der Waals surface area contributed by atoms with Crippen LogP contribution in [-0.4, -0.2) is 28.3 Å². The monoisotopic (exact) mass is 238 g/mol. The first kappa shape index (κ1) is 12.0. The van der Waals surface area contributed by atoms with Crippen molar-refractivity contribution in [1.82, 2.24) is 10.1 Å². The lowest BCUT2D eigenvalue weighted by Gasteiger charge is -2.27. The molecule has 17 heavy (non-hydrogen) atoms. The Hall–Kier alpha value is -1.52. The van der Waals surface area contributed by atoms with Crippen LogP contribution in [0.4, 0.5) is 4.79 Å². The first-order valence-electron chi connectivity index (χ1n) is 5.87. The van der Waals surface area contributed by atoms with Gasteiger partial charge in [0.1, 0.15) is 17.6 Å². The van der Waals surface area contributed by atoms with Crippen LogP contribution in [0.1, 0.15) is 45.3 Å². The fourth-order valence-corrected chi connectivity index (χ4v) is 2.01. The quantitative estimate of drug-likeness (QED) is 0.754. The highest BCUT2D eigenvalue weighted by Crippen LogP contribution is 2.32. The largest absolute Gasteiger partial charge is 0.444 e. The molecular formula is C12H18N2O3. The van der Waals surface area contributed by atoms with Gasteiger partial charge in [-0.2, -0.15) is 0 Å². The molecule has 0 saturated carbocycles. The second-order valence-corrected chi connectivity index (χ2v) is 5.26. The average molecular weight is 238 g/mol. The predicted octanol–water partition coefficient (Wildman–Crippen LogP) is 2.75. The number of aromatic nitrogens is 1. The second kappa shape index (κ2) is 4.39. The molecule has 2 heterocycles. The van der Waals surface area contributed by atoms with E-state index in [4.69, 9.17) is 9.26 Å². The fraction of sp³-hybridized carbons (Fsp3) is 0.667. The molecule has 0 bridgehead atoms. The highest BCUT2D eigenvalue weighted by molar-refractivity contribution is 5.69. The molecule has 1 aliphatic heterocycles. The molecule has 0 aromatic carbocycles. The summed E-state index contributed by atoms with van der Waals surface area (Å²) in [6.07, 6.45) is 3.13. The Morgan fingerprint density at radius 1 is 1.59 bits per heavy atom. The zero-order valence-electron chi connectivity index (χ0n) is 10.5. The summed E-state index contributed by atoms with van der Waals surface area (Å²) in [5.41, 5.74) is 0.335. The van der Waals surface area contributed by atoms with E-state index in [1.807, 2.05) is 20.8 Å². The van der Waals surface area contributed by atoms with Crippen LogP contribution < -0.4 is 0 Å². The van der Waals surface area contributed by atoms with Crippen molar-refractivity contribution in [1.29, 1.82) is 0 Å². The minimum atomic E-state index is -0.464. The number of carbonyl (C=O) groups excluding carboxylic acids is 1. The average Bonchev–Trinajstić information content (AvgIpc) is 2.85. The smallest absolute Gasteiger partial charge is 0.410 e. The number of carbonyl (C=O) groups is 1. The van der Waals surface area contributed by atoms with Crippen LogP contribution in [0, 0.1) is 0 Å². The lowest BCUT2D eigenvalue weighted by molar-refractivity contribution is 0.0219. The first-order valence-corrected chi connectivity index (χ1v) is 5.87. The standard InChI is InChI=1S/C12H18N2O3/c1-12(2,3)17-11(15)14-7-4-5-10(14)9-6-8-16-13-9/h6,8,10H,4-5,7H2,1-3H3. The molecule has 5 nitrogen and oxygen atoms in total. The Kier molecular flexibility index (Phi) is 3.09. The van der Waals surface area contributed by atoms with Gasteiger partial charge in [0.2, 0.25) is 0 Å². The number of amides is 1. The summed E-state index contributed by atoms with van der Waals surface area (Å²) in [5, 5.41) is 3.90. The molecule has 1 aromatic heterocycles. The maximum absolute atomic E-state index is 12.0. The van der Waals surface area contributed by atoms with Gasteiger partial charge in [0.25, 0.3) is 0 Å². The summed E-state index contributed by atoms with van der Waals surface area (Å²) in [5.74, 6) is 0. The Labute approximate surface area is 101 Å². The van der Waals surface area contributed by atoms with Crippen LogP contribution in [0.3, 0.4) is 0 Å². The van der Waals surface area contributed by atoms with E-state index in [2.05, 4.69) is 5.16 Å². The first-order chi connectivity index (χ1) is 7.97. The van der Waals surface area contributed by atoms with Crippen molar-refractivity contribution in [2.75, 3.05) is 6.54 Å². The molecular weight excluding hydrogens is 220 g/mol. The summed E-state index contributed by atoms with van der Waals surface area (Å²) in [7, 11) is 0. The van der Waals surface area contributed by atoms with Crippen LogP contribution in [0.15, 0.2) is 16.9 Å². The van der Waals surface area contributed by atoms with Crippen molar-refractivity contribution in [3.05, 3.63) is 18.0 Å². The molecule has 1 aliphatic rings. The van der Waals surface area contributed by atoms with Crippen LogP contribution in [0.5, 0.6) is 0 Å². The van der Waals surface area contributed by atoms with Gasteiger partial charge in [0.15, 0.2) is 0 Å². The van der Waals surface area contributed by atoms with E-state index in [9.17, 15) is 4.79 Å². The maximum atomic E-state index is 12.0. The molecule has 0 aliphatic carbocycles. The molecule has 0 radical (unpaired) electrons. The molecule has 1 saturated heterocycles. The zero-order chi connectivity index (χ0) is 12.5. The minimum Gasteiger partial charge on any atom is -0.444 e. The highest BCUT2D eigenvalue weighted by Gasteiger charge is 2.34. The summed E-state index contributed by atoms with van der Waals surface area (Å²) in [6, 6.07) is 1.79. The Morgan fingerprint density at radius 3 is 2.94 bits per heavy atom. The van der Waals surface area contributed by atoms with Crippen LogP contribution in [0.25, 0.3) is 0 Å². The molecule has 94 valence electrons. The molecule has 0 N–H and O–H groups in total. The van der Waals surface area contributed by atoms with E-state index in [-0.39, 0.29) is 12.1 Å². The maximum Gasteiger partial charge on any atom is 0.410 e. The van der Waals surface area contributed by atoms with Gasteiger partial charge in [-0.25, -0.2) is 4.79 Å². The normalized spacial score (nSPS) is 20.6. The van der Waals surface area contributed by atoms with Crippen molar-refractivity contribution >= 4 is 6.09 Å². The Balaban J connectivity index is 2.07. The minimum absolute atomic E-state index is 0.0106. The molecule has 1 amide bonds. The third-order valence-electron chi connectivity index (χ3n) is 2.68. The van der Waals surface area contributed by atoms with E-state index < -0.39 is 5.60 Å². The van der Waals surface area contributed by atoms with Crippen molar-refractivity contribution in [2.24, 2.45) is 0 Å². The topological polar surface area (TPSA) is 55.6 Å². The van der Waals surface area contributed by atoms with E-state index >= 15 is 0 Å². The van der Waals surface area contributed by atoms with Crippen LogP contribution >= 0.6 is 0 Å². The predicted molar refractivity (Wildman–Crippen MR) is 61.4 cm³/mol. The molecule has 1 unspecified atom stereocenters. The second-order valence-electron chi connectivity index (χ2n) is 5.26. The van der Waals surface area contributed by atoms with Crippen LogP contribution in [0.2, 0.25) is 0 Å². The highest BCUT2D eigenvalue weighted by atomic mass is 16.6. The van der Waals surface area contributed by atoms with Gasteiger partial charge in [-0.15, -0.1) is 0 Å². The zero-order valence-corrected chi connectivity index (χ0v) is 10.5. The van der Waals surface area contributed by atoms with E-state index in [1.54, 1.807) is 11.0 Å². The molecule has 5 heteroatoms. The molecule has 1 atom stereocenters. The SMILES string of the molecule is CC(C)(C)OC(=O)N1CCCC1c1ccon1. The van der Waals surface area contributed by atoms with E-state index in [0.29, 0.717) is 6.54 Å². The summed E-state index contributed by atoms with van der Waals surface area (Å²) in [4.78, 5) is 13.7. The van der Waals surface area contributed by atoms with Crippen LogP contribution in [-0.2, 0) is 4.74 Å². The summed E-state index contributed by atoms with van der Waals surface area (Å²) >= 11 is 0. The van der Waals surface area contributed by atoms with Gasteiger partial charge in [-0.1, -0.05) is 5.16 Å². The number of likely N-dealkylation sites (tertiary alicyclic amines) is 1. The van der Waals surface area contributed by atoms with Crippen molar-refractivity contribution in [3.8, 4) is 0 Å². The third-order valence-corrected chi connectivity index (χ3v) is 2.68. The fourth-order valence-electron chi connectivity index (χ4n) is 2.01. The Morgan fingerprint density at radius 2 is 2.35 bits per heavy atom. The number of hydrogen-bond acceptors (Lipinski definition) is 4. The van der Waals surface area contributed by atoms with Crippen molar-refractivity contribution in [3.63, 3.8) is 0 Å². The van der Waals surface area contributed by atoms with E-state index in [0.717, 1.165) is 18.5 Å². The van der Waals surface area contributed by atoms with Gasteiger partial charge >= 0.3 is 6.09 Å². The number of nitrogens with zero attached hydrogens (tertiary/aromatic N) is 2. The van der Waals surface area contributed by atoms with Gasteiger partial charge < -0.3 is 9.26 Å². The lowest BCUT2D eigenvalue weighted by Crippen LogP contribution is -2.36. The van der Waals surface area contributed by atoms with Gasteiger partial charge in [0, 0.05) is 12.6 Å².